The number of hydrogen-bond donors (Lipinski definition) is 2. The smallest absolute Gasteiger partial charge is 0.303 e. The molecule has 1 aromatic carbocycles. The lowest BCUT2D eigenvalue weighted by Crippen LogP contribution is -2.24. The van der Waals surface area contributed by atoms with Crippen LogP contribution in [0.15, 0.2) is 24.3 Å². The summed E-state index contributed by atoms with van der Waals surface area (Å²) in [5.74, 6) is 1.57. The van der Waals surface area contributed by atoms with E-state index in [1.165, 1.54) is 17.1 Å². The highest BCUT2D eigenvalue weighted by atomic mass is 32.2. The Morgan fingerprint density at radius 2 is 1.77 bits per heavy atom. The van der Waals surface area contributed by atoms with Crippen LogP contribution in [-0.4, -0.2) is 35.0 Å². The molecule has 0 spiro atoms. The molecule has 22 heavy (non-hydrogen) atoms. The van der Waals surface area contributed by atoms with E-state index in [9.17, 15) is 9.59 Å². The van der Waals surface area contributed by atoms with Crippen molar-refractivity contribution < 1.29 is 14.7 Å². The second-order valence-electron chi connectivity index (χ2n) is 5.16. The molecular formula is C16H21NO3S2. The average Bonchev–Trinajstić information content (AvgIpc) is 3.05. The molecule has 2 N–H and O–H groups in total. The lowest BCUT2D eigenvalue weighted by atomic mass is 10.1. The average molecular weight is 339 g/mol. The summed E-state index contributed by atoms with van der Waals surface area (Å²) in [6.07, 6.45) is 2.50. The molecule has 1 saturated heterocycles. The molecule has 4 nitrogen and oxygen atoms in total. The van der Waals surface area contributed by atoms with Crippen LogP contribution < -0.4 is 5.32 Å². The van der Waals surface area contributed by atoms with Gasteiger partial charge in [-0.3, -0.25) is 9.59 Å². The van der Waals surface area contributed by atoms with Crippen molar-refractivity contribution in [1.29, 1.82) is 0 Å². The molecule has 1 fully saturated rings. The van der Waals surface area contributed by atoms with Crippen LogP contribution >= 0.6 is 23.5 Å². The molecule has 0 bridgehead atoms. The van der Waals surface area contributed by atoms with E-state index in [2.05, 4.69) is 5.32 Å². The predicted octanol–water partition coefficient (Wildman–Crippen LogP) is 3.54. The Labute approximate surface area is 139 Å². The van der Waals surface area contributed by atoms with Crippen LogP contribution in [0.1, 0.15) is 46.2 Å². The number of benzene rings is 1. The van der Waals surface area contributed by atoms with E-state index in [4.69, 9.17) is 5.11 Å². The zero-order valence-electron chi connectivity index (χ0n) is 12.4. The third-order valence-electron chi connectivity index (χ3n) is 3.42. The standard InChI is InChI=1S/C16H21NO3S2/c18-14(19)4-2-1-3-9-17-15(20)12-5-7-13(8-6-12)16-21-10-11-22-16/h5-8,16H,1-4,9-11H2,(H,17,20)(H,18,19). The first-order valence-corrected chi connectivity index (χ1v) is 9.60. The lowest BCUT2D eigenvalue weighted by Gasteiger charge is -2.09. The summed E-state index contributed by atoms with van der Waals surface area (Å²) in [4.78, 5) is 22.4. The van der Waals surface area contributed by atoms with Crippen molar-refractivity contribution in [3.63, 3.8) is 0 Å². The predicted molar refractivity (Wildman–Crippen MR) is 92.5 cm³/mol. The van der Waals surface area contributed by atoms with Gasteiger partial charge in [-0.1, -0.05) is 18.6 Å². The maximum absolute atomic E-state index is 12.0. The molecule has 0 aliphatic carbocycles. The van der Waals surface area contributed by atoms with E-state index in [0.717, 1.165) is 12.8 Å². The lowest BCUT2D eigenvalue weighted by molar-refractivity contribution is -0.137. The van der Waals surface area contributed by atoms with Gasteiger partial charge < -0.3 is 10.4 Å². The molecule has 0 saturated carbocycles. The summed E-state index contributed by atoms with van der Waals surface area (Å²) in [7, 11) is 0. The molecule has 1 aliphatic heterocycles. The van der Waals surface area contributed by atoms with Crippen molar-refractivity contribution in [1.82, 2.24) is 5.32 Å². The van der Waals surface area contributed by atoms with Gasteiger partial charge in [0.15, 0.2) is 0 Å². The van der Waals surface area contributed by atoms with E-state index >= 15 is 0 Å². The quantitative estimate of drug-likeness (QED) is 0.709. The summed E-state index contributed by atoms with van der Waals surface area (Å²) in [6.45, 7) is 0.592. The van der Waals surface area contributed by atoms with Crippen molar-refractivity contribution >= 4 is 35.4 Å². The summed E-state index contributed by atoms with van der Waals surface area (Å²) in [5.41, 5.74) is 1.96. The Morgan fingerprint density at radius 1 is 1.09 bits per heavy atom. The van der Waals surface area contributed by atoms with Crippen molar-refractivity contribution in [2.75, 3.05) is 18.1 Å². The van der Waals surface area contributed by atoms with E-state index in [1.54, 1.807) is 0 Å². The number of carbonyl (C=O) groups is 2. The largest absolute Gasteiger partial charge is 0.481 e. The molecule has 0 radical (unpaired) electrons. The van der Waals surface area contributed by atoms with Gasteiger partial charge in [0.05, 0.1) is 4.58 Å². The van der Waals surface area contributed by atoms with Crippen LogP contribution in [-0.2, 0) is 4.79 Å². The molecule has 120 valence electrons. The highest BCUT2D eigenvalue weighted by Crippen LogP contribution is 2.45. The number of amides is 1. The Balaban J connectivity index is 1.69. The van der Waals surface area contributed by atoms with Gasteiger partial charge in [0.2, 0.25) is 0 Å². The van der Waals surface area contributed by atoms with Crippen LogP contribution in [0.3, 0.4) is 0 Å². The maximum Gasteiger partial charge on any atom is 0.303 e. The van der Waals surface area contributed by atoms with Gasteiger partial charge in [0, 0.05) is 30.0 Å². The fraction of sp³-hybridized carbons (Fsp3) is 0.500. The molecule has 1 aromatic rings. The minimum absolute atomic E-state index is 0.0588. The fourth-order valence-electron chi connectivity index (χ4n) is 2.22. The first kappa shape index (κ1) is 17.2. The number of carbonyl (C=O) groups excluding carboxylic acids is 1. The van der Waals surface area contributed by atoms with Crippen molar-refractivity contribution in [3.8, 4) is 0 Å². The molecule has 0 unspecified atom stereocenters. The molecule has 1 aliphatic rings. The van der Waals surface area contributed by atoms with E-state index < -0.39 is 5.97 Å². The molecule has 1 heterocycles. The number of unbranched alkanes of at least 4 members (excludes halogenated alkanes) is 2. The van der Waals surface area contributed by atoms with Gasteiger partial charge in [-0.05, 0) is 30.5 Å². The Kier molecular flexibility index (Phi) is 7.12. The van der Waals surface area contributed by atoms with E-state index in [-0.39, 0.29) is 12.3 Å². The molecule has 0 atom stereocenters. The fourth-order valence-corrected chi connectivity index (χ4v) is 5.08. The Hall–Kier alpha value is -1.14. The minimum Gasteiger partial charge on any atom is -0.481 e. The number of hydrogen-bond acceptors (Lipinski definition) is 4. The van der Waals surface area contributed by atoms with Crippen LogP contribution in [0.25, 0.3) is 0 Å². The van der Waals surface area contributed by atoms with E-state index in [0.29, 0.717) is 23.1 Å². The number of thioether (sulfide) groups is 2. The second-order valence-corrected chi connectivity index (χ2v) is 7.88. The normalized spacial score (nSPS) is 14.9. The van der Waals surface area contributed by atoms with Gasteiger partial charge in [0.25, 0.3) is 5.91 Å². The summed E-state index contributed by atoms with van der Waals surface area (Å²) in [5, 5.41) is 11.4. The molecule has 6 heteroatoms. The molecular weight excluding hydrogens is 318 g/mol. The van der Waals surface area contributed by atoms with Gasteiger partial charge in [0.1, 0.15) is 0 Å². The molecule has 1 amide bonds. The third kappa shape index (κ3) is 5.57. The van der Waals surface area contributed by atoms with Crippen LogP contribution in [0, 0.1) is 0 Å². The minimum atomic E-state index is -0.761. The first-order chi connectivity index (χ1) is 10.7. The molecule has 0 aromatic heterocycles. The zero-order chi connectivity index (χ0) is 15.8. The number of rotatable bonds is 8. The van der Waals surface area contributed by atoms with Gasteiger partial charge in [-0.25, -0.2) is 0 Å². The second kappa shape index (κ2) is 9.10. The number of aliphatic carboxylic acids is 1. The summed E-state index contributed by atoms with van der Waals surface area (Å²) in [6, 6.07) is 7.85. The number of carboxylic acid groups (broad SMARTS) is 1. The van der Waals surface area contributed by atoms with Crippen LogP contribution in [0.2, 0.25) is 0 Å². The monoisotopic (exact) mass is 339 g/mol. The summed E-state index contributed by atoms with van der Waals surface area (Å²) >= 11 is 3.91. The van der Waals surface area contributed by atoms with Gasteiger partial charge in [-0.2, -0.15) is 0 Å². The topological polar surface area (TPSA) is 66.4 Å². The zero-order valence-corrected chi connectivity index (χ0v) is 14.0. The number of carboxylic acids is 1. The third-order valence-corrected chi connectivity index (χ3v) is 6.52. The van der Waals surface area contributed by atoms with Crippen molar-refractivity contribution in [3.05, 3.63) is 35.4 Å². The summed E-state index contributed by atoms with van der Waals surface area (Å²) < 4.78 is 0.506. The van der Waals surface area contributed by atoms with Crippen LogP contribution in [0.5, 0.6) is 0 Å². The van der Waals surface area contributed by atoms with Crippen molar-refractivity contribution in [2.24, 2.45) is 0 Å². The maximum atomic E-state index is 12.0. The highest BCUT2D eigenvalue weighted by Gasteiger charge is 2.18. The van der Waals surface area contributed by atoms with Crippen molar-refractivity contribution in [2.45, 2.75) is 30.3 Å². The molecule has 2 rings (SSSR count). The first-order valence-electron chi connectivity index (χ1n) is 7.50. The van der Waals surface area contributed by atoms with Crippen LogP contribution in [0.4, 0.5) is 0 Å². The SMILES string of the molecule is O=C(O)CCCCCNC(=O)c1ccc(C2SCCS2)cc1. The van der Waals surface area contributed by atoms with Gasteiger partial charge in [-0.15, -0.1) is 23.5 Å². The van der Waals surface area contributed by atoms with E-state index in [1.807, 2.05) is 47.8 Å². The number of nitrogens with one attached hydrogen (secondary N) is 1. The Bertz CT molecular complexity index is 499. The Morgan fingerprint density at radius 3 is 2.41 bits per heavy atom. The highest BCUT2D eigenvalue weighted by molar-refractivity contribution is 8.19. The van der Waals surface area contributed by atoms with Gasteiger partial charge >= 0.3 is 5.97 Å².